The van der Waals surface area contributed by atoms with Gasteiger partial charge in [-0.2, -0.15) is 0 Å². The molecule has 28 heteroatoms. The average Bonchev–Trinajstić information content (AvgIpc) is 1.59. The Bertz CT molecular complexity index is 3730. The van der Waals surface area contributed by atoms with Crippen molar-refractivity contribution in [2.24, 2.45) is 0 Å². The number of aromatic nitrogens is 1. The Labute approximate surface area is 568 Å². The molecule has 0 spiro atoms. The molecule has 2 heterocycles. The fraction of sp³-hybridized carbons (Fsp3) is 0.391. The fourth-order valence-electron chi connectivity index (χ4n) is 11.1. The number of carbonyl (C=O) groups is 10. The largest absolute Gasteiger partial charge is 0.508 e. The number of carboxylic acid groups (broad SMARTS) is 1. The Morgan fingerprint density at radius 1 is 0.639 bits per heavy atom. The molecule has 14 N–H and O–H groups in total. The second kappa shape index (κ2) is 34.3. The Hall–Kier alpha value is -9.64. The molecule has 1 fully saturated rings. The van der Waals surface area contributed by atoms with Gasteiger partial charge >= 0.3 is 18.2 Å². The third kappa shape index (κ3) is 20.9. The molecule has 97 heavy (non-hydrogen) atoms. The number of ether oxygens (including phenoxy) is 2. The van der Waals surface area contributed by atoms with Crippen molar-refractivity contribution in [3.8, 4) is 16.9 Å². The lowest BCUT2D eigenvalue weighted by Gasteiger charge is -2.29. The zero-order valence-corrected chi connectivity index (χ0v) is 55.8. The van der Waals surface area contributed by atoms with E-state index in [4.69, 9.17) is 9.47 Å². The summed E-state index contributed by atoms with van der Waals surface area (Å²) < 4.78 is 11.2. The number of hydrogen-bond donors (Lipinski definition) is 14. The lowest BCUT2D eigenvalue weighted by Crippen LogP contribution is -2.62. The van der Waals surface area contributed by atoms with Crippen molar-refractivity contribution < 1.29 is 77.8 Å². The van der Waals surface area contributed by atoms with Gasteiger partial charge in [0, 0.05) is 60.3 Å². The molecule has 0 radical (unpaired) electrons. The number of phenolic OH excluding ortho intramolecular Hbond substituents is 1. The molecule has 516 valence electrons. The summed E-state index contributed by atoms with van der Waals surface area (Å²) in [5.74, 6) is -9.87. The Kier molecular flexibility index (Phi) is 25.9. The molecule has 1 aromatic heterocycles. The first-order chi connectivity index (χ1) is 46.3. The maximum atomic E-state index is 15.3. The number of aromatic hydroxyl groups is 1. The number of nitrogens with one attached hydrogen (secondary N) is 10. The van der Waals surface area contributed by atoms with Crippen LogP contribution in [0.3, 0.4) is 0 Å². The van der Waals surface area contributed by atoms with Crippen LogP contribution in [0.25, 0.3) is 22.0 Å². The second-order valence-electron chi connectivity index (χ2n) is 24.7. The molecule has 1 aliphatic heterocycles. The molecule has 0 unspecified atom stereocenters. The van der Waals surface area contributed by atoms with Crippen molar-refractivity contribution in [3.05, 3.63) is 161 Å². The third-order valence-electron chi connectivity index (χ3n) is 16.1. The van der Waals surface area contributed by atoms with E-state index in [0.29, 0.717) is 27.6 Å². The predicted molar refractivity (Wildman–Crippen MR) is 363 cm³/mol. The number of H-pyrrole nitrogens is 1. The number of rotatable bonds is 21. The molecular weight excluding hydrogens is 1290 g/mol. The molecule has 10 atom stereocenters. The summed E-state index contributed by atoms with van der Waals surface area (Å²) in [6, 6.07) is 24.0. The molecule has 0 bridgehead atoms. The minimum absolute atomic E-state index is 0.0673. The van der Waals surface area contributed by atoms with Gasteiger partial charge in [-0.05, 0) is 111 Å². The first-order valence-corrected chi connectivity index (χ1v) is 34.2. The zero-order chi connectivity index (χ0) is 69.9. The summed E-state index contributed by atoms with van der Waals surface area (Å²) >= 11 is 0. The van der Waals surface area contributed by atoms with Crippen LogP contribution in [0.4, 0.5) is 9.59 Å². The number of hydrogen-bond acceptors (Lipinski definition) is 17. The number of amides is 9. The highest BCUT2D eigenvalue weighted by atomic mass is 33.1. The SMILES string of the molecule is C[C@@H](O)[C@H](NC(=O)[C@@H]1CSSC[C@H](NC(=O)[C@@H](Cc2ccccc2)NC(=O)OCC2c3ccccc3-c3ccccc32)C(=O)N[C@@H](Cc2ccc(O)cc2)C(=O)N[C@H](Cc2c[nH]c3ccccc23)C(=O)N[C@@H](CCCCNC(=O)OC(C)(C)C)C(=O)N[C@@H]([C@@H](C)O)C(=O)N1)C(=O)O. The molecule has 0 saturated carbocycles. The van der Waals surface area contributed by atoms with Gasteiger partial charge in [0.25, 0.3) is 0 Å². The van der Waals surface area contributed by atoms with E-state index < -0.39 is 131 Å². The van der Waals surface area contributed by atoms with Crippen LogP contribution in [0.1, 0.15) is 87.6 Å². The highest BCUT2D eigenvalue weighted by Crippen LogP contribution is 2.44. The topological polar surface area (TPSA) is 394 Å². The monoisotopic (exact) mass is 1370 g/mol. The standard InChI is InChI=1S/C69H82N10O16S2/c1-38(80)57-65(89)76-56(64(88)79-58(39(2)81)66(90)91)37-97-96-36-55(75-61(85)53(31-40-17-7-6-8-18-40)77-68(93)94-35-49-47-22-11-9-20-45(47)46-21-10-12-23-48(46)49)63(87)73-52(32-41-26-28-43(82)29-27-41)60(84)74-54(33-42-34-71-50-24-14-13-19-44(42)50)62(86)72-51(59(83)78-57)25-15-16-30-70-67(92)95-69(3,4)5/h6-14,17-24,26-29,34,38-39,49,51-58,71,80-82H,15-16,25,30-33,35-37H2,1-5H3,(H,70,92)(H,72,86)(H,73,87)(H,74,84)(H,75,85)(H,76,89)(H,77,93)(H,78,83)(H,79,88)(H,90,91)/t38-,39-,51+,52+,53-,54-,55+,56+,57+,58+/m1/s1. The van der Waals surface area contributed by atoms with E-state index in [1.807, 2.05) is 48.5 Å². The first kappa shape index (κ1) is 73.2. The molecule has 1 aliphatic carbocycles. The van der Waals surface area contributed by atoms with Crippen LogP contribution in [0.5, 0.6) is 5.75 Å². The van der Waals surface area contributed by atoms with Gasteiger partial charge in [0.05, 0.1) is 12.2 Å². The fourth-order valence-corrected chi connectivity index (χ4v) is 13.5. The number of aliphatic hydroxyl groups is 2. The van der Waals surface area contributed by atoms with E-state index in [1.165, 1.54) is 31.2 Å². The van der Waals surface area contributed by atoms with E-state index in [-0.39, 0.29) is 69.1 Å². The minimum Gasteiger partial charge on any atom is -0.508 e. The molecule has 9 amide bonds. The number of para-hydroxylation sites is 1. The summed E-state index contributed by atoms with van der Waals surface area (Å²) in [7, 11) is 1.74. The summed E-state index contributed by atoms with van der Waals surface area (Å²) in [4.78, 5) is 146. The number of aromatic amines is 1. The van der Waals surface area contributed by atoms with Crippen molar-refractivity contribution in [1.82, 2.24) is 52.8 Å². The van der Waals surface area contributed by atoms with Gasteiger partial charge in [-0.15, -0.1) is 0 Å². The summed E-state index contributed by atoms with van der Waals surface area (Å²) in [6.07, 6.45) is -3.76. The van der Waals surface area contributed by atoms with Crippen LogP contribution in [0.2, 0.25) is 0 Å². The number of carbonyl (C=O) groups excluding carboxylic acids is 9. The number of unbranched alkanes of at least 4 members (excludes halogenated alkanes) is 1. The minimum atomic E-state index is -1.89. The van der Waals surface area contributed by atoms with E-state index in [9.17, 15) is 54.0 Å². The highest BCUT2D eigenvalue weighted by Gasteiger charge is 2.38. The van der Waals surface area contributed by atoms with E-state index in [0.717, 1.165) is 50.8 Å². The number of carboxylic acids is 1. The normalized spacial score (nSPS) is 20.3. The lowest BCUT2D eigenvalue weighted by molar-refractivity contribution is -0.145. The van der Waals surface area contributed by atoms with Gasteiger partial charge in [-0.1, -0.05) is 131 Å². The van der Waals surface area contributed by atoms with Crippen LogP contribution in [-0.4, -0.2) is 176 Å². The van der Waals surface area contributed by atoms with Crippen molar-refractivity contribution in [2.45, 2.75) is 145 Å². The third-order valence-corrected chi connectivity index (χ3v) is 18.5. The second-order valence-corrected chi connectivity index (χ2v) is 27.3. The summed E-state index contributed by atoms with van der Waals surface area (Å²) in [6.45, 7) is 7.32. The first-order valence-electron chi connectivity index (χ1n) is 31.7. The Morgan fingerprint density at radius 3 is 1.89 bits per heavy atom. The zero-order valence-electron chi connectivity index (χ0n) is 54.1. The molecule has 2 aliphatic rings. The van der Waals surface area contributed by atoms with Crippen molar-refractivity contribution in [3.63, 3.8) is 0 Å². The van der Waals surface area contributed by atoms with E-state index >= 15 is 14.4 Å². The van der Waals surface area contributed by atoms with Gasteiger partial charge in [0.2, 0.25) is 41.4 Å². The van der Waals surface area contributed by atoms with Crippen LogP contribution in [0.15, 0.2) is 134 Å². The van der Waals surface area contributed by atoms with E-state index in [1.54, 1.807) is 81.6 Å². The summed E-state index contributed by atoms with van der Waals surface area (Å²) in [5.41, 5.74) is 5.31. The van der Waals surface area contributed by atoms with Crippen LogP contribution in [-0.2, 0) is 67.1 Å². The average molecular weight is 1370 g/mol. The Balaban J connectivity index is 1.15. The lowest BCUT2D eigenvalue weighted by atomic mass is 9.98. The van der Waals surface area contributed by atoms with Crippen molar-refractivity contribution in [1.29, 1.82) is 0 Å². The molecular formula is C69H82N10O16S2. The molecule has 5 aromatic carbocycles. The number of aliphatic carboxylic acids is 1. The maximum Gasteiger partial charge on any atom is 0.407 e. The Morgan fingerprint density at radius 2 is 1.24 bits per heavy atom. The van der Waals surface area contributed by atoms with Crippen LogP contribution in [0, 0.1) is 0 Å². The van der Waals surface area contributed by atoms with Crippen molar-refractivity contribution >= 4 is 92.0 Å². The molecule has 1 saturated heterocycles. The van der Waals surface area contributed by atoms with Gasteiger partial charge in [0.15, 0.2) is 6.04 Å². The van der Waals surface area contributed by atoms with Gasteiger partial charge in [-0.25, -0.2) is 14.4 Å². The number of benzene rings is 5. The smallest absolute Gasteiger partial charge is 0.407 e. The highest BCUT2D eigenvalue weighted by molar-refractivity contribution is 8.76. The number of phenols is 1. The maximum absolute atomic E-state index is 15.3. The number of aliphatic hydroxyl groups excluding tert-OH is 2. The predicted octanol–water partition coefficient (Wildman–Crippen LogP) is 4.14. The van der Waals surface area contributed by atoms with Gasteiger partial charge < -0.3 is 82.7 Å². The summed E-state index contributed by atoms with van der Waals surface area (Å²) in [5, 5.41) is 66.1. The van der Waals surface area contributed by atoms with E-state index in [2.05, 4.69) is 52.8 Å². The van der Waals surface area contributed by atoms with Crippen LogP contribution < -0.4 is 47.9 Å². The van der Waals surface area contributed by atoms with Gasteiger partial charge in [-0.3, -0.25) is 33.6 Å². The number of alkyl carbamates (subject to hydrolysis) is 2. The van der Waals surface area contributed by atoms with Gasteiger partial charge in [0.1, 0.15) is 60.3 Å². The van der Waals surface area contributed by atoms with Crippen molar-refractivity contribution in [2.75, 3.05) is 24.7 Å². The van der Waals surface area contributed by atoms with Crippen LogP contribution >= 0.6 is 21.6 Å². The number of fused-ring (bicyclic) bond motifs is 4. The molecule has 6 aromatic rings. The molecule has 26 nitrogen and oxygen atoms in total. The quantitative estimate of drug-likeness (QED) is 0.0356. The molecule has 8 rings (SSSR count).